The van der Waals surface area contributed by atoms with Crippen molar-refractivity contribution >= 4 is 34.8 Å². The molecule has 9 heteroatoms. The zero-order chi connectivity index (χ0) is 18.5. The van der Waals surface area contributed by atoms with Crippen molar-refractivity contribution in [3.63, 3.8) is 0 Å². The van der Waals surface area contributed by atoms with Crippen molar-refractivity contribution in [3.8, 4) is 5.82 Å². The SMILES string of the molecule is CN(Cc1ccc(Cl)s1)C(=O)COC(=O)c1ccc(-n2cccn2)nc1. The first-order valence-corrected chi connectivity index (χ1v) is 8.84. The molecule has 3 rings (SSSR count). The predicted molar refractivity (Wildman–Crippen MR) is 97.4 cm³/mol. The van der Waals surface area contributed by atoms with Gasteiger partial charge >= 0.3 is 5.97 Å². The summed E-state index contributed by atoms with van der Waals surface area (Å²) in [6.07, 6.45) is 4.77. The molecule has 0 saturated carbocycles. The molecular weight excluding hydrogens is 376 g/mol. The van der Waals surface area contributed by atoms with Crippen LogP contribution in [-0.4, -0.2) is 45.2 Å². The highest BCUT2D eigenvalue weighted by Crippen LogP contribution is 2.22. The first-order valence-electron chi connectivity index (χ1n) is 7.64. The Morgan fingerprint density at radius 2 is 2.15 bits per heavy atom. The minimum Gasteiger partial charge on any atom is -0.452 e. The zero-order valence-corrected chi connectivity index (χ0v) is 15.4. The van der Waals surface area contributed by atoms with Crippen LogP contribution < -0.4 is 0 Å². The molecule has 0 spiro atoms. The number of aromatic nitrogens is 3. The van der Waals surface area contributed by atoms with Crippen molar-refractivity contribution in [2.24, 2.45) is 0 Å². The summed E-state index contributed by atoms with van der Waals surface area (Å²) in [6, 6.07) is 8.64. The van der Waals surface area contributed by atoms with Gasteiger partial charge in [0.2, 0.25) is 0 Å². The number of carbonyl (C=O) groups excluding carboxylic acids is 2. The van der Waals surface area contributed by atoms with Gasteiger partial charge in [0.05, 0.1) is 16.4 Å². The molecule has 0 saturated heterocycles. The van der Waals surface area contributed by atoms with E-state index in [9.17, 15) is 9.59 Å². The number of likely N-dealkylation sites (N-methyl/N-ethyl adjacent to an activating group) is 1. The zero-order valence-electron chi connectivity index (χ0n) is 13.8. The maximum atomic E-state index is 12.1. The highest BCUT2D eigenvalue weighted by molar-refractivity contribution is 7.16. The normalized spacial score (nSPS) is 10.5. The minimum absolute atomic E-state index is 0.265. The summed E-state index contributed by atoms with van der Waals surface area (Å²) in [6.45, 7) is 0.0727. The lowest BCUT2D eigenvalue weighted by atomic mass is 10.3. The van der Waals surface area contributed by atoms with E-state index in [-0.39, 0.29) is 18.1 Å². The van der Waals surface area contributed by atoms with Crippen LogP contribution in [0.2, 0.25) is 4.34 Å². The molecule has 3 aromatic heterocycles. The molecule has 1 amide bonds. The Labute approximate surface area is 158 Å². The highest BCUT2D eigenvalue weighted by atomic mass is 35.5. The van der Waals surface area contributed by atoms with E-state index in [1.165, 1.54) is 22.4 Å². The fraction of sp³-hybridized carbons (Fsp3) is 0.176. The number of pyridine rings is 1. The molecule has 3 aromatic rings. The molecule has 26 heavy (non-hydrogen) atoms. The Hall–Kier alpha value is -2.71. The third-order valence-corrected chi connectivity index (χ3v) is 4.71. The number of esters is 1. The Morgan fingerprint density at radius 1 is 1.31 bits per heavy atom. The number of hydrogen-bond donors (Lipinski definition) is 0. The number of amides is 1. The maximum Gasteiger partial charge on any atom is 0.340 e. The van der Waals surface area contributed by atoms with Crippen molar-refractivity contribution in [1.82, 2.24) is 19.7 Å². The lowest BCUT2D eigenvalue weighted by molar-refractivity contribution is -0.133. The number of carbonyl (C=O) groups is 2. The van der Waals surface area contributed by atoms with Gasteiger partial charge in [-0.2, -0.15) is 5.10 Å². The van der Waals surface area contributed by atoms with Crippen LogP contribution in [0, 0.1) is 0 Å². The average Bonchev–Trinajstić information content (AvgIpc) is 3.31. The molecule has 0 N–H and O–H groups in total. The topological polar surface area (TPSA) is 77.3 Å². The van der Waals surface area contributed by atoms with Crippen molar-refractivity contribution in [3.05, 3.63) is 63.7 Å². The van der Waals surface area contributed by atoms with E-state index in [1.54, 1.807) is 48.4 Å². The van der Waals surface area contributed by atoms with Crippen LogP contribution in [-0.2, 0) is 16.1 Å². The molecule has 0 aliphatic carbocycles. The van der Waals surface area contributed by atoms with Crippen LogP contribution in [0.15, 0.2) is 48.9 Å². The summed E-state index contributed by atoms with van der Waals surface area (Å²) in [4.78, 5) is 30.7. The molecule has 7 nitrogen and oxygen atoms in total. The van der Waals surface area contributed by atoms with Gasteiger partial charge in [0.1, 0.15) is 0 Å². The van der Waals surface area contributed by atoms with Crippen LogP contribution in [0.5, 0.6) is 0 Å². The first-order chi connectivity index (χ1) is 12.5. The van der Waals surface area contributed by atoms with Gasteiger partial charge in [0.25, 0.3) is 5.91 Å². The third-order valence-electron chi connectivity index (χ3n) is 3.50. The Bertz CT molecular complexity index is 893. The number of hydrogen-bond acceptors (Lipinski definition) is 6. The molecule has 0 aliphatic heterocycles. The van der Waals surface area contributed by atoms with Gasteiger partial charge in [0, 0.05) is 30.5 Å². The summed E-state index contributed by atoms with van der Waals surface area (Å²) in [5, 5.41) is 4.06. The van der Waals surface area contributed by atoms with E-state index in [0.717, 1.165) is 4.88 Å². The smallest absolute Gasteiger partial charge is 0.340 e. The van der Waals surface area contributed by atoms with E-state index < -0.39 is 5.97 Å². The molecule has 0 bridgehead atoms. The molecular formula is C17H15ClN4O3S. The van der Waals surface area contributed by atoms with Gasteiger partial charge < -0.3 is 9.64 Å². The van der Waals surface area contributed by atoms with E-state index in [1.807, 2.05) is 6.07 Å². The van der Waals surface area contributed by atoms with Crippen molar-refractivity contribution in [2.75, 3.05) is 13.7 Å². The lowest BCUT2D eigenvalue weighted by Crippen LogP contribution is -2.30. The van der Waals surface area contributed by atoms with E-state index in [4.69, 9.17) is 16.3 Å². The van der Waals surface area contributed by atoms with Gasteiger partial charge in [-0.3, -0.25) is 4.79 Å². The van der Waals surface area contributed by atoms with Crippen molar-refractivity contribution < 1.29 is 14.3 Å². The fourth-order valence-electron chi connectivity index (χ4n) is 2.13. The maximum absolute atomic E-state index is 12.1. The second-order valence-corrected chi connectivity index (χ2v) is 7.19. The summed E-state index contributed by atoms with van der Waals surface area (Å²) in [7, 11) is 1.64. The molecule has 0 aliphatic rings. The standard InChI is InChI=1S/C17H15ClN4O3S/c1-21(10-13-4-5-14(18)26-13)16(23)11-25-17(24)12-3-6-15(19-9-12)22-8-2-7-20-22/h2-9H,10-11H2,1H3. The van der Waals surface area contributed by atoms with Crippen LogP contribution in [0.4, 0.5) is 0 Å². The molecule has 3 heterocycles. The number of halogens is 1. The minimum atomic E-state index is -0.606. The molecule has 0 unspecified atom stereocenters. The summed E-state index contributed by atoms with van der Waals surface area (Å²) in [5.74, 6) is -0.327. The van der Waals surface area contributed by atoms with Gasteiger partial charge in [-0.25, -0.2) is 14.5 Å². The predicted octanol–water partition coefficient (Wildman–Crippen LogP) is 2.80. The monoisotopic (exact) mass is 390 g/mol. The molecule has 0 fully saturated rings. The van der Waals surface area contributed by atoms with E-state index in [2.05, 4.69) is 10.1 Å². The Balaban J connectivity index is 1.52. The van der Waals surface area contributed by atoms with E-state index in [0.29, 0.717) is 16.7 Å². The Kier molecular flexibility index (Phi) is 5.65. The average molecular weight is 391 g/mol. The van der Waals surface area contributed by atoms with Crippen LogP contribution in [0.1, 0.15) is 15.2 Å². The van der Waals surface area contributed by atoms with Gasteiger partial charge in [0.15, 0.2) is 12.4 Å². The fourth-order valence-corrected chi connectivity index (χ4v) is 3.27. The molecule has 0 atom stereocenters. The Morgan fingerprint density at radius 3 is 2.77 bits per heavy atom. The molecule has 0 radical (unpaired) electrons. The van der Waals surface area contributed by atoms with Crippen LogP contribution in [0.25, 0.3) is 5.82 Å². The van der Waals surface area contributed by atoms with Gasteiger partial charge in [-0.1, -0.05) is 11.6 Å². The van der Waals surface area contributed by atoms with E-state index >= 15 is 0 Å². The van der Waals surface area contributed by atoms with Crippen LogP contribution >= 0.6 is 22.9 Å². The number of thiophene rings is 1. The summed E-state index contributed by atoms with van der Waals surface area (Å²) in [5.41, 5.74) is 0.265. The van der Waals surface area contributed by atoms with Gasteiger partial charge in [-0.15, -0.1) is 11.3 Å². The number of ether oxygens (including phenoxy) is 1. The first kappa shape index (κ1) is 18.1. The molecule has 134 valence electrons. The highest BCUT2D eigenvalue weighted by Gasteiger charge is 2.15. The number of nitrogens with zero attached hydrogens (tertiary/aromatic N) is 4. The quantitative estimate of drug-likeness (QED) is 0.605. The molecule has 0 aromatic carbocycles. The second-order valence-electron chi connectivity index (χ2n) is 5.39. The largest absolute Gasteiger partial charge is 0.452 e. The van der Waals surface area contributed by atoms with Crippen molar-refractivity contribution in [2.45, 2.75) is 6.54 Å². The van der Waals surface area contributed by atoms with Crippen molar-refractivity contribution in [1.29, 1.82) is 0 Å². The van der Waals surface area contributed by atoms with Crippen LogP contribution in [0.3, 0.4) is 0 Å². The van der Waals surface area contributed by atoms with Gasteiger partial charge in [-0.05, 0) is 30.3 Å². The number of rotatable bonds is 6. The second kappa shape index (κ2) is 8.11. The third kappa shape index (κ3) is 4.47. The summed E-state index contributed by atoms with van der Waals surface area (Å²) >= 11 is 7.28. The summed E-state index contributed by atoms with van der Waals surface area (Å²) < 4.78 is 7.31. The lowest BCUT2D eigenvalue weighted by Gasteiger charge is -2.16.